The number of pyridine rings is 1. The van der Waals surface area contributed by atoms with Gasteiger partial charge >= 0.3 is 0 Å². The number of rotatable bonds is 8. The summed E-state index contributed by atoms with van der Waals surface area (Å²) < 4.78 is 0. The van der Waals surface area contributed by atoms with Gasteiger partial charge < -0.3 is 16.4 Å². The minimum Gasteiger partial charge on any atom is -0.396 e. The Hall–Kier alpha value is -1.78. The van der Waals surface area contributed by atoms with Gasteiger partial charge in [0.05, 0.1) is 5.69 Å². The molecule has 0 saturated heterocycles. The number of carbonyl (C=O) groups is 1. The Morgan fingerprint density at radius 1 is 1.14 bits per heavy atom. The summed E-state index contributed by atoms with van der Waals surface area (Å²) in [6.07, 6.45) is 2.11. The Balaban J connectivity index is 2.99. The van der Waals surface area contributed by atoms with Crippen molar-refractivity contribution in [3.05, 3.63) is 17.8 Å². The van der Waals surface area contributed by atoms with E-state index in [1.54, 1.807) is 12.1 Å². The third-order valence-corrected chi connectivity index (χ3v) is 3.41. The normalized spacial score (nSPS) is 11.1. The number of primary amides is 1. The van der Waals surface area contributed by atoms with E-state index in [4.69, 9.17) is 11.5 Å². The van der Waals surface area contributed by atoms with Gasteiger partial charge in [0.25, 0.3) is 5.91 Å². The highest BCUT2D eigenvalue weighted by molar-refractivity contribution is 5.91. The van der Waals surface area contributed by atoms with Gasteiger partial charge in [0.2, 0.25) is 0 Å². The first-order valence-electron chi connectivity index (χ1n) is 7.62. The lowest BCUT2D eigenvalue weighted by molar-refractivity contribution is 0.0995. The number of anilines is 2. The summed E-state index contributed by atoms with van der Waals surface area (Å²) in [5.74, 6) is 1.36. The molecule has 5 nitrogen and oxygen atoms in total. The molecular formula is C16H28N4O. The van der Waals surface area contributed by atoms with Gasteiger partial charge in [-0.2, -0.15) is 0 Å². The van der Waals surface area contributed by atoms with Crippen LogP contribution in [0.5, 0.6) is 0 Å². The maximum atomic E-state index is 11.3. The first-order chi connectivity index (χ1) is 9.81. The molecule has 0 spiro atoms. The molecule has 1 heterocycles. The Morgan fingerprint density at radius 2 is 1.67 bits per heavy atom. The second-order valence-electron chi connectivity index (χ2n) is 6.33. The highest BCUT2D eigenvalue weighted by Crippen LogP contribution is 2.23. The van der Waals surface area contributed by atoms with Crippen molar-refractivity contribution in [3.8, 4) is 0 Å². The Bertz CT molecular complexity index is 459. The molecule has 118 valence electrons. The van der Waals surface area contributed by atoms with Gasteiger partial charge in [0.1, 0.15) is 5.69 Å². The predicted octanol–water partition coefficient (Wildman–Crippen LogP) is 2.66. The van der Waals surface area contributed by atoms with Crippen LogP contribution in [-0.4, -0.2) is 24.0 Å². The van der Waals surface area contributed by atoms with Crippen molar-refractivity contribution in [2.24, 2.45) is 17.6 Å². The van der Waals surface area contributed by atoms with Crippen molar-refractivity contribution in [2.75, 3.05) is 23.7 Å². The minimum atomic E-state index is -0.524. The zero-order valence-electron chi connectivity index (χ0n) is 13.6. The van der Waals surface area contributed by atoms with Crippen molar-refractivity contribution < 1.29 is 4.79 Å². The molecular weight excluding hydrogens is 264 g/mol. The number of hydrogen-bond acceptors (Lipinski definition) is 4. The lowest BCUT2D eigenvalue weighted by Gasteiger charge is -2.27. The molecule has 0 radical (unpaired) electrons. The van der Waals surface area contributed by atoms with Crippen LogP contribution in [0.15, 0.2) is 12.1 Å². The molecule has 0 aliphatic heterocycles. The molecule has 5 heteroatoms. The van der Waals surface area contributed by atoms with Crippen molar-refractivity contribution in [1.29, 1.82) is 0 Å². The quantitative estimate of drug-likeness (QED) is 0.771. The summed E-state index contributed by atoms with van der Waals surface area (Å²) in [5.41, 5.74) is 12.2. The molecule has 0 atom stereocenters. The topological polar surface area (TPSA) is 85.2 Å². The van der Waals surface area contributed by atoms with Crippen molar-refractivity contribution in [1.82, 2.24) is 4.98 Å². The number of carbonyl (C=O) groups excluding carboxylic acids is 1. The Kier molecular flexibility index (Phi) is 6.46. The largest absolute Gasteiger partial charge is 0.396 e. The van der Waals surface area contributed by atoms with Gasteiger partial charge in [-0.1, -0.05) is 27.7 Å². The molecule has 0 aliphatic carbocycles. The van der Waals surface area contributed by atoms with Crippen LogP contribution in [0.3, 0.4) is 0 Å². The van der Waals surface area contributed by atoms with E-state index in [-0.39, 0.29) is 5.69 Å². The van der Waals surface area contributed by atoms with Crippen LogP contribution in [0.25, 0.3) is 0 Å². The fourth-order valence-corrected chi connectivity index (χ4v) is 2.00. The van der Waals surface area contributed by atoms with E-state index < -0.39 is 5.91 Å². The van der Waals surface area contributed by atoms with E-state index in [0.717, 1.165) is 25.9 Å². The van der Waals surface area contributed by atoms with Crippen LogP contribution in [0.2, 0.25) is 0 Å². The van der Waals surface area contributed by atoms with E-state index in [2.05, 4.69) is 37.6 Å². The van der Waals surface area contributed by atoms with E-state index in [0.29, 0.717) is 23.3 Å². The molecule has 0 unspecified atom stereocenters. The summed E-state index contributed by atoms with van der Waals surface area (Å²) in [7, 11) is 0. The van der Waals surface area contributed by atoms with Gasteiger partial charge in [-0.3, -0.25) is 4.79 Å². The third-order valence-electron chi connectivity index (χ3n) is 3.41. The molecule has 1 amide bonds. The molecule has 0 aliphatic rings. The Labute approximate surface area is 127 Å². The van der Waals surface area contributed by atoms with Crippen LogP contribution in [0.1, 0.15) is 51.0 Å². The van der Waals surface area contributed by atoms with Crippen LogP contribution < -0.4 is 16.4 Å². The van der Waals surface area contributed by atoms with Crippen molar-refractivity contribution in [2.45, 2.75) is 40.5 Å². The summed E-state index contributed by atoms with van der Waals surface area (Å²) >= 11 is 0. The van der Waals surface area contributed by atoms with E-state index >= 15 is 0 Å². The lowest BCUT2D eigenvalue weighted by atomic mass is 10.1. The molecule has 0 bridgehead atoms. The first-order valence-corrected chi connectivity index (χ1v) is 7.62. The maximum absolute atomic E-state index is 11.3. The first kappa shape index (κ1) is 17.3. The molecule has 1 aromatic heterocycles. The van der Waals surface area contributed by atoms with Gasteiger partial charge in [-0.05, 0) is 36.8 Å². The van der Waals surface area contributed by atoms with Gasteiger partial charge in [-0.25, -0.2) is 4.98 Å². The SMILES string of the molecule is CC(C)CCN(CCC(C)C)c1nc(C(N)=O)ccc1N. The zero-order valence-corrected chi connectivity index (χ0v) is 13.6. The van der Waals surface area contributed by atoms with E-state index in [9.17, 15) is 4.79 Å². The Morgan fingerprint density at radius 3 is 2.10 bits per heavy atom. The summed E-state index contributed by atoms with van der Waals surface area (Å²) in [5, 5.41) is 0. The molecule has 21 heavy (non-hydrogen) atoms. The van der Waals surface area contributed by atoms with E-state index in [1.165, 1.54) is 0 Å². The highest BCUT2D eigenvalue weighted by atomic mass is 16.1. The van der Waals surface area contributed by atoms with Crippen LogP contribution in [0.4, 0.5) is 11.5 Å². The number of nitrogens with zero attached hydrogens (tertiary/aromatic N) is 2. The minimum absolute atomic E-state index is 0.262. The van der Waals surface area contributed by atoms with E-state index in [1.807, 2.05) is 0 Å². The monoisotopic (exact) mass is 292 g/mol. The molecule has 0 aromatic carbocycles. The smallest absolute Gasteiger partial charge is 0.267 e. The van der Waals surface area contributed by atoms with Crippen LogP contribution >= 0.6 is 0 Å². The molecule has 1 rings (SSSR count). The van der Waals surface area contributed by atoms with Gasteiger partial charge in [0, 0.05) is 13.1 Å². The second kappa shape index (κ2) is 7.86. The van der Waals surface area contributed by atoms with Crippen LogP contribution in [0, 0.1) is 11.8 Å². The molecule has 1 aromatic rings. The van der Waals surface area contributed by atoms with Crippen LogP contribution in [-0.2, 0) is 0 Å². The molecule has 0 saturated carbocycles. The van der Waals surface area contributed by atoms with Gasteiger partial charge in [0.15, 0.2) is 5.82 Å². The fraction of sp³-hybridized carbons (Fsp3) is 0.625. The summed E-state index contributed by atoms with van der Waals surface area (Å²) in [6.45, 7) is 10.5. The maximum Gasteiger partial charge on any atom is 0.267 e. The number of hydrogen-bond donors (Lipinski definition) is 2. The fourth-order valence-electron chi connectivity index (χ4n) is 2.00. The predicted molar refractivity (Wildman–Crippen MR) is 88.3 cm³/mol. The average molecular weight is 292 g/mol. The average Bonchev–Trinajstić information content (AvgIpc) is 2.39. The molecule has 0 fully saturated rings. The summed E-state index contributed by atoms with van der Waals surface area (Å²) in [4.78, 5) is 17.8. The van der Waals surface area contributed by atoms with Crippen molar-refractivity contribution >= 4 is 17.4 Å². The molecule has 4 N–H and O–H groups in total. The number of amides is 1. The third kappa shape index (κ3) is 5.61. The zero-order chi connectivity index (χ0) is 16.0. The van der Waals surface area contributed by atoms with Gasteiger partial charge in [-0.15, -0.1) is 0 Å². The second-order valence-corrected chi connectivity index (χ2v) is 6.33. The number of nitrogens with two attached hydrogens (primary N) is 2. The lowest BCUT2D eigenvalue weighted by Crippen LogP contribution is -2.30. The summed E-state index contributed by atoms with van der Waals surface area (Å²) in [6, 6.07) is 3.28. The number of aromatic nitrogens is 1. The van der Waals surface area contributed by atoms with Crippen molar-refractivity contribution in [3.63, 3.8) is 0 Å². The number of nitrogen functional groups attached to an aromatic ring is 1. The standard InChI is InChI=1S/C16H28N4O/c1-11(2)7-9-20(10-8-12(3)4)16-13(17)5-6-14(19-16)15(18)21/h5-6,11-12H,7-10,17H2,1-4H3,(H2,18,21). The highest BCUT2D eigenvalue weighted by Gasteiger charge is 2.15.